The lowest BCUT2D eigenvalue weighted by Crippen LogP contribution is -2.28. The summed E-state index contributed by atoms with van der Waals surface area (Å²) in [6, 6.07) is 18.5. The van der Waals surface area contributed by atoms with Crippen molar-refractivity contribution in [3.05, 3.63) is 71.9 Å². The van der Waals surface area contributed by atoms with E-state index in [0.29, 0.717) is 6.61 Å². The van der Waals surface area contributed by atoms with Gasteiger partial charge in [0.25, 0.3) is 0 Å². The van der Waals surface area contributed by atoms with Crippen molar-refractivity contribution in [3.63, 3.8) is 0 Å². The number of aromatic nitrogens is 1. The highest BCUT2D eigenvalue weighted by Gasteiger charge is 2.19. The number of methoxy groups -OCH3 is 2. The summed E-state index contributed by atoms with van der Waals surface area (Å²) in [5, 5.41) is 0. The third kappa shape index (κ3) is 7.70. The Balaban J connectivity index is 0.000000588. The van der Waals surface area contributed by atoms with E-state index in [9.17, 15) is 0 Å². The molecule has 0 amide bonds. The van der Waals surface area contributed by atoms with Crippen molar-refractivity contribution in [2.45, 2.75) is 19.5 Å². The van der Waals surface area contributed by atoms with Crippen molar-refractivity contribution in [2.24, 2.45) is 0 Å². The van der Waals surface area contributed by atoms with Crippen LogP contribution in [0.1, 0.15) is 17.5 Å². The summed E-state index contributed by atoms with van der Waals surface area (Å²) in [5.74, 6) is 2.35. The molecule has 1 aliphatic rings. The quantitative estimate of drug-likeness (QED) is 0.516. The van der Waals surface area contributed by atoms with Gasteiger partial charge < -0.3 is 14.2 Å². The molecule has 0 saturated heterocycles. The minimum Gasteiger partial charge on any atom is -0.497 e. The fourth-order valence-corrected chi connectivity index (χ4v) is 3.75. The monoisotopic (exact) mass is 488 g/mol. The smallest absolute Gasteiger partial charge is 0.394 e. The fraction of sp³-hybridized carbons (Fsp3) is 0.292. The number of hydrogen-bond acceptors (Lipinski definition) is 7. The van der Waals surface area contributed by atoms with Crippen LogP contribution in [0.2, 0.25) is 0 Å². The highest BCUT2D eigenvalue weighted by atomic mass is 32.3. The average molecular weight is 489 g/mol. The normalized spacial score (nSPS) is 13.9. The van der Waals surface area contributed by atoms with Crippen molar-refractivity contribution in [1.82, 2.24) is 9.88 Å². The number of nitrogens with zero attached hydrogens (tertiary/aromatic N) is 2. The van der Waals surface area contributed by atoms with Crippen LogP contribution in [0.15, 0.2) is 60.8 Å². The zero-order valence-electron chi connectivity index (χ0n) is 19.0. The van der Waals surface area contributed by atoms with Gasteiger partial charge in [0.05, 0.1) is 20.8 Å². The van der Waals surface area contributed by atoms with Crippen LogP contribution in [0.25, 0.3) is 11.1 Å². The Bertz CT molecular complexity index is 1160. The molecular weight excluding hydrogens is 460 g/mol. The van der Waals surface area contributed by atoms with E-state index in [2.05, 4.69) is 52.3 Å². The summed E-state index contributed by atoms with van der Waals surface area (Å²) in [4.78, 5) is 6.95. The van der Waals surface area contributed by atoms with E-state index in [1.165, 1.54) is 11.1 Å². The lowest BCUT2D eigenvalue weighted by Gasteiger charge is -2.27. The molecule has 0 saturated carbocycles. The highest BCUT2D eigenvalue weighted by molar-refractivity contribution is 7.79. The van der Waals surface area contributed by atoms with Gasteiger partial charge in [-0.3, -0.25) is 14.0 Å². The van der Waals surface area contributed by atoms with E-state index in [1.807, 2.05) is 18.3 Å². The molecule has 34 heavy (non-hydrogen) atoms. The largest absolute Gasteiger partial charge is 0.497 e. The minimum atomic E-state index is -4.67. The number of fused-ring (bicyclic) bond motifs is 1. The Morgan fingerprint density at radius 3 is 2.29 bits per heavy atom. The molecule has 0 fully saturated rings. The predicted molar refractivity (Wildman–Crippen MR) is 128 cm³/mol. The standard InChI is InChI=1S/C24H26N2O3.H2O4S/c1-27-20-13-18(14-21(15-20)28-2)16-26-11-6-12-29-24-23(17-26)22(9-10-25-24)19-7-4-3-5-8-19;1-5(2,3)4/h3-5,7-10,13-15H,6,11-12,16-17H2,1-2H3;(H2,1,2,3,4). The molecule has 9 nitrogen and oxygen atoms in total. The summed E-state index contributed by atoms with van der Waals surface area (Å²) in [7, 11) is -1.31. The second-order valence-electron chi connectivity index (χ2n) is 7.59. The summed E-state index contributed by atoms with van der Waals surface area (Å²) in [6.07, 6.45) is 2.79. The van der Waals surface area contributed by atoms with Gasteiger partial charge in [-0.25, -0.2) is 4.98 Å². The van der Waals surface area contributed by atoms with Crippen molar-refractivity contribution >= 4 is 10.4 Å². The lowest BCUT2D eigenvalue weighted by molar-refractivity contribution is 0.195. The molecule has 0 aliphatic carbocycles. The van der Waals surface area contributed by atoms with Gasteiger partial charge in [-0.2, -0.15) is 8.42 Å². The van der Waals surface area contributed by atoms with Crippen molar-refractivity contribution in [2.75, 3.05) is 27.4 Å². The van der Waals surface area contributed by atoms with Gasteiger partial charge in [0.15, 0.2) is 0 Å². The molecular formula is C24H28N2O7S. The van der Waals surface area contributed by atoms with Gasteiger partial charge in [0.1, 0.15) is 11.5 Å². The summed E-state index contributed by atoms with van der Waals surface area (Å²) in [6.45, 7) is 3.18. The topological polar surface area (TPSA) is 118 Å². The minimum absolute atomic E-state index is 0.663. The predicted octanol–water partition coefficient (Wildman–Crippen LogP) is 3.90. The maximum atomic E-state index is 8.74. The van der Waals surface area contributed by atoms with E-state index in [4.69, 9.17) is 31.7 Å². The molecule has 0 atom stereocenters. The molecule has 1 aliphatic heterocycles. The molecule has 3 aromatic rings. The van der Waals surface area contributed by atoms with Gasteiger partial charge >= 0.3 is 10.4 Å². The third-order valence-corrected chi connectivity index (χ3v) is 5.16. The van der Waals surface area contributed by atoms with Crippen LogP contribution in [0.3, 0.4) is 0 Å². The molecule has 0 radical (unpaired) electrons. The lowest BCUT2D eigenvalue weighted by atomic mass is 10.0. The first-order valence-corrected chi connectivity index (χ1v) is 12.0. The Labute approximate surface area is 199 Å². The van der Waals surface area contributed by atoms with Gasteiger partial charge in [-0.1, -0.05) is 30.3 Å². The summed E-state index contributed by atoms with van der Waals surface area (Å²) >= 11 is 0. The number of pyridine rings is 1. The maximum Gasteiger partial charge on any atom is 0.394 e. The zero-order chi connectivity index (χ0) is 24.6. The second-order valence-corrected chi connectivity index (χ2v) is 8.49. The zero-order valence-corrected chi connectivity index (χ0v) is 19.9. The van der Waals surface area contributed by atoms with Crippen molar-refractivity contribution in [3.8, 4) is 28.5 Å². The Kier molecular flexibility index (Phi) is 8.83. The molecule has 2 heterocycles. The molecule has 2 N–H and O–H groups in total. The third-order valence-electron chi connectivity index (χ3n) is 5.16. The van der Waals surface area contributed by atoms with Gasteiger partial charge in [0.2, 0.25) is 5.88 Å². The first-order chi connectivity index (χ1) is 16.3. The molecule has 2 aromatic carbocycles. The number of rotatable bonds is 5. The van der Waals surface area contributed by atoms with Crippen LogP contribution in [0.4, 0.5) is 0 Å². The van der Waals surface area contributed by atoms with Crippen molar-refractivity contribution in [1.29, 1.82) is 0 Å². The molecule has 1 aromatic heterocycles. The second kappa shape index (κ2) is 11.8. The van der Waals surface area contributed by atoms with E-state index in [1.54, 1.807) is 14.2 Å². The molecule has 182 valence electrons. The van der Waals surface area contributed by atoms with E-state index in [0.717, 1.165) is 54.6 Å². The summed E-state index contributed by atoms with van der Waals surface area (Å²) < 4.78 is 48.4. The van der Waals surface area contributed by atoms with Crippen LogP contribution in [-0.2, 0) is 23.5 Å². The van der Waals surface area contributed by atoms with Gasteiger partial charge in [-0.15, -0.1) is 0 Å². The van der Waals surface area contributed by atoms with E-state index in [-0.39, 0.29) is 0 Å². The van der Waals surface area contributed by atoms with Crippen LogP contribution in [0.5, 0.6) is 17.4 Å². The number of benzene rings is 2. The van der Waals surface area contributed by atoms with E-state index < -0.39 is 10.4 Å². The van der Waals surface area contributed by atoms with Crippen molar-refractivity contribution < 1.29 is 31.7 Å². The van der Waals surface area contributed by atoms with Crippen LogP contribution in [0, 0.1) is 0 Å². The Morgan fingerprint density at radius 2 is 1.68 bits per heavy atom. The molecule has 0 bridgehead atoms. The number of hydrogen-bond donors (Lipinski definition) is 2. The molecule has 0 spiro atoms. The fourth-order valence-electron chi connectivity index (χ4n) is 3.75. The van der Waals surface area contributed by atoms with E-state index >= 15 is 0 Å². The van der Waals surface area contributed by atoms with Crippen LogP contribution >= 0.6 is 0 Å². The highest BCUT2D eigenvalue weighted by Crippen LogP contribution is 2.32. The molecule has 0 unspecified atom stereocenters. The summed E-state index contributed by atoms with van der Waals surface area (Å²) in [5.41, 5.74) is 4.65. The number of ether oxygens (including phenoxy) is 3. The first-order valence-electron chi connectivity index (χ1n) is 10.6. The first kappa shape index (κ1) is 25.4. The Morgan fingerprint density at radius 1 is 1.03 bits per heavy atom. The molecule has 10 heteroatoms. The molecule has 4 rings (SSSR count). The average Bonchev–Trinajstić information content (AvgIpc) is 2.80. The van der Waals surface area contributed by atoms with Gasteiger partial charge in [-0.05, 0) is 41.3 Å². The van der Waals surface area contributed by atoms with Gasteiger partial charge in [0, 0.05) is 37.5 Å². The SMILES string of the molecule is COc1cc(CN2CCCOc3nccc(-c4ccccc4)c3C2)cc(OC)c1.O=S(=O)(O)O. The van der Waals surface area contributed by atoms with Crippen LogP contribution < -0.4 is 14.2 Å². The Hall–Kier alpha value is -3.18. The maximum absolute atomic E-state index is 8.74. The van der Waals surface area contributed by atoms with Crippen LogP contribution in [-0.4, -0.2) is 54.8 Å².